The topological polar surface area (TPSA) is 84.3 Å². The number of aliphatic hydroxyl groups is 2. The van der Waals surface area contributed by atoms with Gasteiger partial charge in [-0.3, -0.25) is 0 Å². The van der Waals surface area contributed by atoms with Crippen LogP contribution in [0.4, 0.5) is 5.69 Å². The molecule has 0 bridgehead atoms. The van der Waals surface area contributed by atoms with Gasteiger partial charge in [0.15, 0.2) is 0 Å². The summed E-state index contributed by atoms with van der Waals surface area (Å²) in [6.07, 6.45) is 1.07. The van der Waals surface area contributed by atoms with Crippen LogP contribution in [0.25, 0.3) is 11.0 Å². The fourth-order valence-electron chi connectivity index (χ4n) is 2.05. The Labute approximate surface area is 106 Å². The molecule has 0 saturated carbocycles. The van der Waals surface area contributed by atoms with E-state index in [2.05, 4.69) is 4.98 Å². The molecule has 0 saturated heterocycles. The Kier molecular flexibility index (Phi) is 3.84. The van der Waals surface area contributed by atoms with Crippen LogP contribution in [0.5, 0.6) is 0 Å². The van der Waals surface area contributed by atoms with Gasteiger partial charge in [0.1, 0.15) is 12.4 Å². The predicted octanol–water partition coefficient (Wildman–Crippen LogP) is 1.27. The van der Waals surface area contributed by atoms with Gasteiger partial charge >= 0.3 is 0 Å². The zero-order valence-corrected chi connectivity index (χ0v) is 10.5. The van der Waals surface area contributed by atoms with E-state index >= 15 is 0 Å². The van der Waals surface area contributed by atoms with E-state index in [0.717, 1.165) is 17.5 Å². The molecule has 0 aliphatic carbocycles. The van der Waals surface area contributed by atoms with E-state index < -0.39 is 0 Å². The van der Waals surface area contributed by atoms with E-state index in [1.165, 1.54) is 0 Å². The van der Waals surface area contributed by atoms with Crippen LogP contribution in [-0.4, -0.2) is 25.9 Å². The molecule has 0 fully saturated rings. The Morgan fingerprint density at radius 2 is 2.22 bits per heavy atom. The number of aliphatic hydroxyl groups excluding tert-OH is 2. The van der Waals surface area contributed by atoms with Crippen molar-refractivity contribution >= 4 is 16.7 Å². The maximum absolute atomic E-state index is 9.62. The Balaban J connectivity index is 2.34. The Hall–Kier alpha value is -1.59. The largest absolute Gasteiger partial charge is 0.399 e. The van der Waals surface area contributed by atoms with E-state index in [-0.39, 0.29) is 12.7 Å². The summed E-state index contributed by atoms with van der Waals surface area (Å²) in [5.41, 5.74) is 8.10. The minimum absolute atomic E-state index is 0.114. The molecular formula is C13H19N3O2. The molecule has 2 rings (SSSR count). The van der Waals surface area contributed by atoms with E-state index in [9.17, 15) is 10.2 Å². The summed E-state index contributed by atoms with van der Waals surface area (Å²) in [4.78, 5) is 4.35. The van der Waals surface area contributed by atoms with Gasteiger partial charge in [0.05, 0.1) is 17.1 Å². The summed E-state index contributed by atoms with van der Waals surface area (Å²) in [6.45, 7) is 2.48. The fourth-order valence-corrected chi connectivity index (χ4v) is 2.05. The zero-order chi connectivity index (χ0) is 13.1. The highest BCUT2D eigenvalue weighted by Crippen LogP contribution is 2.20. The summed E-state index contributed by atoms with van der Waals surface area (Å²) < 4.78 is 1.94. The van der Waals surface area contributed by atoms with Gasteiger partial charge in [-0.2, -0.15) is 0 Å². The molecule has 1 aromatic carbocycles. The summed E-state index contributed by atoms with van der Waals surface area (Å²) in [6, 6.07) is 5.51. The number of anilines is 1. The summed E-state index contributed by atoms with van der Waals surface area (Å²) in [5, 5.41) is 19.0. The van der Waals surface area contributed by atoms with Crippen LogP contribution in [0.2, 0.25) is 0 Å². The molecule has 1 aromatic heterocycles. The van der Waals surface area contributed by atoms with Crippen molar-refractivity contribution < 1.29 is 10.2 Å². The minimum atomic E-state index is -0.317. The third kappa shape index (κ3) is 2.47. The number of hydrogen-bond donors (Lipinski definition) is 3. The van der Waals surface area contributed by atoms with Crippen LogP contribution in [0, 0.1) is 0 Å². The van der Waals surface area contributed by atoms with Crippen LogP contribution in [0.15, 0.2) is 18.2 Å². The number of benzene rings is 1. The van der Waals surface area contributed by atoms with Crippen molar-refractivity contribution in [1.82, 2.24) is 9.55 Å². The quantitative estimate of drug-likeness (QED) is 0.697. The average Bonchev–Trinajstić information content (AvgIpc) is 2.72. The first-order chi connectivity index (χ1) is 8.65. The first-order valence-corrected chi connectivity index (χ1v) is 6.19. The summed E-state index contributed by atoms with van der Waals surface area (Å²) in [7, 11) is 0. The Morgan fingerprint density at radius 3 is 2.89 bits per heavy atom. The molecule has 0 aliphatic rings. The molecule has 18 heavy (non-hydrogen) atoms. The van der Waals surface area contributed by atoms with Crippen LogP contribution in [0.1, 0.15) is 25.6 Å². The van der Waals surface area contributed by atoms with Gasteiger partial charge in [0, 0.05) is 12.2 Å². The van der Waals surface area contributed by atoms with E-state index in [1.54, 1.807) is 6.07 Å². The lowest BCUT2D eigenvalue weighted by Crippen LogP contribution is -2.11. The lowest BCUT2D eigenvalue weighted by molar-refractivity contribution is 0.153. The molecule has 1 unspecified atom stereocenters. The van der Waals surface area contributed by atoms with Gasteiger partial charge in [-0.1, -0.05) is 6.92 Å². The molecule has 1 heterocycles. The van der Waals surface area contributed by atoms with Gasteiger partial charge in [-0.05, 0) is 31.0 Å². The van der Waals surface area contributed by atoms with Crippen molar-refractivity contribution in [2.45, 2.75) is 39.0 Å². The highest BCUT2D eigenvalue weighted by Gasteiger charge is 2.11. The third-order valence-corrected chi connectivity index (χ3v) is 3.15. The van der Waals surface area contributed by atoms with Crippen molar-refractivity contribution in [2.75, 3.05) is 5.73 Å². The van der Waals surface area contributed by atoms with Gasteiger partial charge in [-0.15, -0.1) is 0 Å². The molecule has 5 nitrogen and oxygen atoms in total. The number of nitrogen functional groups attached to an aromatic ring is 1. The second kappa shape index (κ2) is 5.37. The number of hydrogen-bond acceptors (Lipinski definition) is 4. The molecule has 1 atom stereocenters. The molecule has 2 aromatic rings. The number of aromatic nitrogens is 2. The molecule has 98 valence electrons. The minimum Gasteiger partial charge on any atom is -0.399 e. The first-order valence-electron chi connectivity index (χ1n) is 6.19. The predicted molar refractivity (Wildman–Crippen MR) is 71.0 cm³/mol. The van der Waals surface area contributed by atoms with Gasteiger partial charge in [0.2, 0.25) is 0 Å². The lowest BCUT2D eigenvalue weighted by Gasteiger charge is -2.11. The van der Waals surface area contributed by atoms with Crippen molar-refractivity contribution in [3.8, 4) is 0 Å². The molecule has 4 N–H and O–H groups in total. The lowest BCUT2D eigenvalue weighted by atomic mass is 10.2. The number of nitrogens with two attached hydrogens (primary N) is 1. The number of nitrogens with zero attached hydrogens (tertiary/aromatic N) is 2. The monoisotopic (exact) mass is 249 g/mol. The van der Waals surface area contributed by atoms with Crippen molar-refractivity contribution in [1.29, 1.82) is 0 Å². The summed E-state index contributed by atoms with van der Waals surface area (Å²) in [5.74, 6) is 0.610. The maximum atomic E-state index is 9.62. The Bertz CT molecular complexity index is 536. The molecule has 0 amide bonds. The van der Waals surface area contributed by atoms with Crippen molar-refractivity contribution in [3.63, 3.8) is 0 Å². The van der Waals surface area contributed by atoms with Crippen molar-refractivity contribution in [2.24, 2.45) is 0 Å². The smallest absolute Gasteiger partial charge is 0.135 e. The molecular weight excluding hydrogens is 230 g/mol. The van der Waals surface area contributed by atoms with Crippen LogP contribution in [0.3, 0.4) is 0 Å². The summed E-state index contributed by atoms with van der Waals surface area (Å²) >= 11 is 0. The van der Waals surface area contributed by atoms with Crippen LogP contribution in [-0.2, 0) is 13.2 Å². The number of aryl methyl sites for hydroxylation is 1. The third-order valence-electron chi connectivity index (χ3n) is 3.15. The van der Waals surface area contributed by atoms with Crippen LogP contribution < -0.4 is 5.73 Å². The van der Waals surface area contributed by atoms with Crippen molar-refractivity contribution in [3.05, 3.63) is 24.0 Å². The van der Waals surface area contributed by atoms with E-state index in [1.807, 2.05) is 23.6 Å². The Morgan fingerprint density at radius 1 is 1.44 bits per heavy atom. The average molecular weight is 249 g/mol. The zero-order valence-electron chi connectivity index (χ0n) is 10.5. The molecule has 0 radical (unpaired) electrons. The number of fused-ring (bicyclic) bond motifs is 1. The standard InChI is InChI=1S/C13H19N3O2/c1-2-10(18)5-6-16-12-4-3-9(14)7-11(12)15-13(16)8-17/h3-4,7,10,17-18H,2,5-6,8,14H2,1H3. The van der Waals surface area contributed by atoms with Gasteiger partial charge < -0.3 is 20.5 Å². The van der Waals surface area contributed by atoms with E-state index in [4.69, 9.17) is 5.73 Å². The molecule has 0 aliphatic heterocycles. The van der Waals surface area contributed by atoms with E-state index in [0.29, 0.717) is 24.5 Å². The second-order valence-corrected chi connectivity index (χ2v) is 4.44. The van der Waals surface area contributed by atoms with Crippen LogP contribution >= 0.6 is 0 Å². The molecule has 0 spiro atoms. The fraction of sp³-hybridized carbons (Fsp3) is 0.462. The second-order valence-electron chi connectivity index (χ2n) is 4.44. The highest BCUT2D eigenvalue weighted by molar-refractivity contribution is 5.79. The maximum Gasteiger partial charge on any atom is 0.135 e. The highest BCUT2D eigenvalue weighted by atomic mass is 16.3. The number of rotatable bonds is 5. The molecule has 5 heteroatoms. The number of imidazole rings is 1. The van der Waals surface area contributed by atoms with Gasteiger partial charge in [0.25, 0.3) is 0 Å². The normalized spacial score (nSPS) is 13.1. The van der Waals surface area contributed by atoms with Gasteiger partial charge in [-0.25, -0.2) is 4.98 Å². The first kappa shape index (κ1) is 12.9. The SMILES string of the molecule is CCC(O)CCn1c(CO)nc2cc(N)ccc21.